The van der Waals surface area contributed by atoms with E-state index in [1.54, 1.807) is 0 Å². The van der Waals surface area contributed by atoms with E-state index in [0.717, 1.165) is 13.3 Å². The Morgan fingerprint density at radius 2 is 2.25 bits per heavy atom. The van der Waals surface area contributed by atoms with E-state index in [-0.39, 0.29) is 5.69 Å². The number of methoxy groups -OCH3 is 1. The fourth-order valence-corrected chi connectivity index (χ4v) is 1.17. The largest absolute Gasteiger partial charge is 0.503 e. The molecule has 1 aromatic heterocycles. The van der Waals surface area contributed by atoms with Gasteiger partial charge in [-0.15, -0.1) is 0 Å². The van der Waals surface area contributed by atoms with Gasteiger partial charge in [-0.3, -0.25) is 9.59 Å². The number of nitrogens with one attached hydrogen (secondary N) is 1. The summed E-state index contributed by atoms with van der Waals surface area (Å²) >= 11 is 0. The van der Waals surface area contributed by atoms with Crippen molar-refractivity contribution in [1.29, 1.82) is 0 Å². The zero-order chi connectivity index (χ0) is 12.3. The van der Waals surface area contributed by atoms with Gasteiger partial charge in [0.1, 0.15) is 0 Å². The lowest BCUT2D eigenvalue weighted by Gasteiger charge is -2.07. The molecule has 1 aromatic rings. The highest BCUT2D eigenvalue weighted by Gasteiger charge is 2.21. The van der Waals surface area contributed by atoms with Gasteiger partial charge in [-0.2, -0.15) is 0 Å². The lowest BCUT2D eigenvalue weighted by Crippen LogP contribution is -2.17. The van der Waals surface area contributed by atoms with Crippen molar-refractivity contribution >= 4 is 5.97 Å². The van der Waals surface area contributed by atoms with Crippen molar-refractivity contribution in [2.45, 2.75) is 12.8 Å². The van der Waals surface area contributed by atoms with Crippen LogP contribution >= 0.6 is 0 Å². The molecule has 0 unspecified atom stereocenters. The van der Waals surface area contributed by atoms with Gasteiger partial charge in [-0.05, 0) is 0 Å². The summed E-state index contributed by atoms with van der Waals surface area (Å²) in [6, 6.07) is 0. The number of aromatic amines is 1. The second kappa shape index (κ2) is 4.73. The summed E-state index contributed by atoms with van der Waals surface area (Å²) in [5.74, 6) is -1.58. The van der Waals surface area contributed by atoms with Gasteiger partial charge >= 0.3 is 5.97 Å². The molecule has 0 aliphatic rings. The van der Waals surface area contributed by atoms with E-state index in [0.29, 0.717) is 0 Å². The van der Waals surface area contributed by atoms with Crippen molar-refractivity contribution in [3.05, 3.63) is 27.7 Å². The summed E-state index contributed by atoms with van der Waals surface area (Å²) in [6.45, 7) is 0. The fourth-order valence-electron chi connectivity index (χ4n) is 1.17. The number of aromatic nitrogens is 1. The third-order valence-corrected chi connectivity index (χ3v) is 1.95. The Labute approximate surface area is 88.7 Å². The van der Waals surface area contributed by atoms with Crippen molar-refractivity contribution in [1.82, 2.24) is 4.98 Å². The molecule has 1 rings (SSSR count). The number of hydrogen-bond donors (Lipinski definition) is 2. The van der Waals surface area contributed by atoms with Crippen molar-refractivity contribution in [2.24, 2.45) is 0 Å². The van der Waals surface area contributed by atoms with E-state index in [2.05, 4.69) is 9.72 Å². The minimum atomic E-state index is -3.07. The molecule has 0 aliphatic carbocycles. The summed E-state index contributed by atoms with van der Waals surface area (Å²) in [7, 11) is 1.10. The Bertz CT molecular complexity index is 455. The fraction of sp³-hybridized carbons (Fsp3) is 0.333. The molecular formula is C9H9F2NO4. The number of aromatic hydroxyl groups is 1. The first-order valence-corrected chi connectivity index (χ1v) is 4.25. The first-order chi connectivity index (χ1) is 7.47. The first-order valence-electron chi connectivity index (χ1n) is 4.25. The zero-order valence-electron chi connectivity index (χ0n) is 8.29. The van der Waals surface area contributed by atoms with Gasteiger partial charge in [-0.25, -0.2) is 8.78 Å². The first kappa shape index (κ1) is 12.2. The number of ether oxygens (including phenoxy) is 1. The molecule has 0 aromatic carbocycles. The number of H-pyrrole nitrogens is 1. The van der Waals surface area contributed by atoms with Gasteiger partial charge in [0, 0.05) is 11.9 Å². The van der Waals surface area contributed by atoms with Gasteiger partial charge < -0.3 is 14.8 Å². The molecule has 0 radical (unpaired) electrons. The Kier molecular flexibility index (Phi) is 3.60. The Morgan fingerprint density at radius 1 is 1.62 bits per heavy atom. The van der Waals surface area contributed by atoms with Crippen LogP contribution in [0, 0.1) is 0 Å². The van der Waals surface area contributed by atoms with E-state index >= 15 is 0 Å². The number of carbonyl (C=O) groups is 1. The van der Waals surface area contributed by atoms with Crippen LogP contribution in [0.2, 0.25) is 0 Å². The maximum absolute atomic E-state index is 12.5. The average Bonchev–Trinajstić information content (AvgIpc) is 2.23. The summed E-state index contributed by atoms with van der Waals surface area (Å²) in [5.41, 5.74) is -2.36. The number of rotatable bonds is 3. The highest BCUT2D eigenvalue weighted by atomic mass is 19.3. The van der Waals surface area contributed by atoms with Gasteiger partial charge in [0.05, 0.1) is 19.1 Å². The molecule has 5 nitrogen and oxygen atoms in total. The second-order valence-corrected chi connectivity index (χ2v) is 2.95. The van der Waals surface area contributed by atoms with E-state index in [9.17, 15) is 18.4 Å². The Hall–Kier alpha value is -1.92. The molecule has 2 N–H and O–H groups in total. The summed E-state index contributed by atoms with van der Waals surface area (Å²) < 4.78 is 29.4. The van der Waals surface area contributed by atoms with Gasteiger partial charge in [-0.1, -0.05) is 0 Å². The van der Waals surface area contributed by atoms with Gasteiger partial charge in [0.15, 0.2) is 5.75 Å². The van der Waals surface area contributed by atoms with Crippen molar-refractivity contribution in [3.63, 3.8) is 0 Å². The molecule has 0 amide bonds. The predicted octanol–water partition coefficient (Wildman–Crippen LogP) is 0.734. The molecule has 0 atom stereocenters. The Balaban J connectivity index is 3.24. The Morgan fingerprint density at radius 3 is 2.75 bits per heavy atom. The summed E-state index contributed by atoms with van der Waals surface area (Å²) in [6.07, 6.45) is -2.70. The molecule has 0 saturated carbocycles. The molecule has 0 spiro atoms. The molecule has 1 heterocycles. The van der Waals surface area contributed by atoms with E-state index in [4.69, 9.17) is 5.11 Å². The quantitative estimate of drug-likeness (QED) is 0.754. The monoisotopic (exact) mass is 233 g/mol. The van der Waals surface area contributed by atoms with Crippen LogP contribution in [0.25, 0.3) is 0 Å². The SMILES string of the molecule is COC(=O)Cc1[nH]cc(O)c(=O)c1C(F)F. The van der Waals surface area contributed by atoms with Crippen LogP contribution in [0.1, 0.15) is 17.7 Å². The molecule has 0 aliphatic heterocycles. The van der Waals surface area contributed by atoms with Gasteiger partial charge in [0.2, 0.25) is 5.43 Å². The van der Waals surface area contributed by atoms with Crippen LogP contribution in [0.15, 0.2) is 11.0 Å². The van der Waals surface area contributed by atoms with Crippen LogP contribution < -0.4 is 5.43 Å². The minimum absolute atomic E-state index is 0.260. The normalized spacial score (nSPS) is 10.5. The number of hydrogen-bond acceptors (Lipinski definition) is 4. The molecule has 16 heavy (non-hydrogen) atoms. The van der Waals surface area contributed by atoms with Crippen molar-refractivity contribution in [2.75, 3.05) is 7.11 Å². The molecule has 88 valence electrons. The third kappa shape index (κ3) is 2.36. The molecule has 0 fully saturated rings. The van der Waals surface area contributed by atoms with E-state index in [1.165, 1.54) is 0 Å². The third-order valence-electron chi connectivity index (χ3n) is 1.95. The highest BCUT2D eigenvalue weighted by Crippen LogP contribution is 2.20. The number of halogens is 2. The zero-order valence-corrected chi connectivity index (χ0v) is 8.29. The van der Waals surface area contributed by atoms with Crippen LogP contribution in [-0.2, 0) is 16.0 Å². The summed E-state index contributed by atoms with van der Waals surface area (Å²) in [4.78, 5) is 24.4. The molecular weight excluding hydrogens is 224 g/mol. The molecule has 0 bridgehead atoms. The van der Waals surface area contributed by atoms with Gasteiger partial charge in [0.25, 0.3) is 6.43 Å². The smallest absolute Gasteiger partial charge is 0.311 e. The maximum Gasteiger partial charge on any atom is 0.311 e. The van der Waals surface area contributed by atoms with Crippen molar-refractivity contribution in [3.8, 4) is 5.75 Å². The lowest BCUT2D eigenvalue weighted by molar-refractivity contribution is -0.139. The summed E-state index contributed by atoms with van der Waals surface area (Å²) in [5, 5.41) is 8.97. The van der Waals surface area contributed by atoms with Crippen molar-refractivity contribution < 1.29 is 23.4 Å². The molecule has 0 saturated heterocycles. The molecule has 7 heteroatoms. The van der Waals surface area contributed by atoms with E-state index in [1.807, 2.05) is 0 Å². The van der Waals surface area contributed by atoms with E-state index < -0.39 is 35.6 Å². The van der Waals surface area contributed by atoms with Crippen LogP contribution in [-0.4, -0.2) is 23.2 Å². The van der Waals surface area contributed by atoms with Crippen LogP contribution in [0.5, 0.6) is 5.75 Å². The number of pyridine rings is 1. The number of esters is 1. The average molecular weight is 233 g/mol. The number of carbonyl (C=O) groups excluding carboxylic acids is 1. The van der Waals surface area contributed by atoms with Crippen LogP contribution in [0.3, 0.4) is 0 Å². The van der Waals surface area contributed by atoms with Crippen LogP contribution in [0.4, 0.5) is 8.78 Å². The maximum atomic E-state index is 12.5. The minimum Gasteiger partial charge on any atom is -0.503 e. The lowest BCUT2D eigenvalue weighted by atomic mass is 10.1. The second-order valence-electron chi connectivity index (χ2n) is 2.95. The number of alkyl halides is 2. The predicted molar refractivity (Wildman–Crippen MR) is 49.4 cm³/mol. The highest BCUT2D eigenvalue weighted by molar-refractivity contribution is 5.72. The topological polar surface area (TPSA) is 79.4 Å². The standard InChI is InChI=1S/C9H9F2NO4/c1-16-6(14)2-4-7(9(10)11)8(15)5(13)3-12-4/h3,9,13H,2H2,1H3,(H,12,15).